The molecule has 0 saturated carbocycles. The van der Waals surface area contributed by atoms with Gasteiger partial charge in [-0.25, -0.2) is 0 Å². The van der Waals surface area contributed by atoms with Gasteiger partial charge in [0.2, 0.25) is 0 Å². The zero-order valence-electron chi connectivity index (χ0n) is 29.0. The molecule has 54 heavy (non-hydrogen) atoms. The van der Waals surface area contributed by atoms with E-state index in [-0.39, 0.29) is 12.8 Å². The van der Waals surface area contributed by atoms with Gasteiger partial charge in [-0.1, -0.05) is 0 Å². The maximum absolute atomic E-state index is 7.46. The topological polar surface area (TPSA) is 96.0 Å². The Balaban J connectivity index is 1.46. The molecule has 2 aliphatic rings. The third-order valence-corrected chi connectivity index (χ3v) is 17.1. The molecule has 11 nitrogen and oxygen atoms in total. The molecule has 2 unspecified atom stereocenters. The zero-order valence-corrected chi connectivity index (χ0v) is 31.8. The number of ether oxygens (including phenoxy) is 2. The molecule has 1 saturated heterocycles. The first-order valence-electron chi connectivity index (χ1n) is 17.3. The fourth-order valence-electron chi connectivity index (χ4n) is 5.42. The third-order valence-electron chi connectivity index (χ3n) is 7.99. The second-order valence-corrected chi connectivity index (χ2v) is 19.0. The van der Waals surface area contributed by atoms with Gasteiger partial charge in [0, 0.05) is 0 Å². The predicted molar refractivity (Wildman–Crippen MR) is 211 cm³/mol. The number of hydrogen-bond donors (Lipinski definition) is 0. The average molecular weight is 782 g/mol. The standard InChI is InChI=1S/C40H38N3O8P3/c1-7-19-34(20-8-1)46-43-53(47-35-21-9-2-10-22-35,48-36-23-11-3-12-24-36)41-52-42(33-44-31-40-32-45-40)54(43,49-37-25-13-4-14-26-37,50-38-27-15-5-16-28-38)51-39-29-17-6-18-30-39/h1-30,40,52H,31-33H2. The second-order valence-electron chi connectivity index (χ2n) is 12.0. The van der Waals surface area contributed by atoms with E-state index in [1.54, 1.807) is 0 Å². The van der Waals surface area contributed by atoms with Crippen molar-refractivity contribution < 1.29 is 36.9 Å². The van der Waals surface area contributed by atoms with Crippen LogP contribution in [0, 0.1) is 0 Å². The van der Waals surface area contributed by atoms with Crippen LogP contribution in [0.1, 0.15) is 0 Å². The Morgan fingerprint density at radius 3 is 1.31 bits per heavy atom. The SMILES string of the molecule is c1ccc(ON2P(Oc3ccccc3)(Oc3ccccc3)=NPN(COCC3CO3)P2(Oc2ccccc2)(Oc2ccccc2)Oc2ccccc2)cc1. The summed E-state index contributed by atoms with van der Waals surface area (Å²) >= 11 is 0. The zero-order chi connectivity index (χ0) is 36.5. The molecule has 0 bridgehead atoms. The van der Waals surface area contributed by atoms with Crippen LogP contribution < -0.4 is 27.5 Å². The van der Waals surface area contributed by atoms with Crippen molar-refractivity contribution in [3.63, 3.8) is 0 Å². The van der Waals surface area contributed by atoms with E-state index in [1.807, 2.05) is 186 Å². The number of nitrogens with zero attached hydrogens (tertiary/aromatic N) is 3. The number of para-hydroxylation sites is 6. The van der Waals surface area contributed by atoms with E-state index in [1.165, 1.54) is 4.60 Å². The molecule has 1 fully saturated rings. The number of epoxide rings is 1. The maximum atomic E-state index is 7.46. The fraction of sp³-hybridized carbons (Fsp3) is 0.100. The van der Waals surface area contributed by atoms with E-state index in [0.717, 1.165) is 0 Å². The first kappa shape index (κ1) is 36.0. The molecule has 2 heterocycles. The van der Waals surface area contributed by atoms with Crippen molar-refractivity contribution in [1.82, 2.24) is 9.05 Å². The van der Waals surface area contributed by atoms with Crippen LogP contribution in [0.4, 0.5) is 0 Å². The Morgan fingerprint density at radius 2 is 0.926 bits per heavy atom. The quantitative estimate of drug-likeness (QED) is 0.0697. The van der Waals surface area contributed by atoms with Crippen LogP contribution in [0.5, 0.6) is 34.5 Å². The molecule has 0 aromatic heterocycles. The summed E-state index contributed by atoms with van der Waals surface area (Å²) in [6, 6.07) is 55.9. The van der Waals surface area contributed by atoms with E-state index in [0.29, 0.717) is 47.7 Å². The van der Waals surface area contributed by atoms with Crippen molar-refractivity contribution in [3.05, 3.63) is 182 Å². The molecule has 14 heteroatoms. The van der Waals surface area contributed by atoms with Crippen molar-refractivity contribution in [2.45, 2.75) is 6.10 Å². The van der Waals surface area contributed by atoms with E-state index in [2.05, 4.69) is 0 Å². The van der Waals surface area contributed by atoms with Crippen LogP contribution in [0.2, 0.25) is 0 Å². The van der Waals surface area contributed by atoms with Gasteiger partial charge in [0.25, 0.3) is 0 Å². The Hall–Kier alpha value is -4.95. The van der Waals surface area contributed by atoms with Gasteiger partial charge < -0.3 is 0 Å². The van der Waals surface area contributed by atoms with Crippen LogP contribution >= 0.6 is 24.1 Å². The summed E-state index contributed by atoms with van der Waals surface area (Å²) in [7, 11) is -9.87. The molecule has 6 aromatic rings. The van der Waals surface area contributed by atoms with Crippen molar-refractivity contribution in [2.24, 2.45) is 4.52 Å². The Kier molecular flexibility index (Phi) is 10.8. The van der Waals surface area contributed by atoms with Crippen molar-refractivity contribution in [2.75, 3.05) is 19.9 Å². The van der Waals surface area contributed by atoms with Crippen molar-refractivity contribution >= 4 is 24.1 Å². The molecular weight excluding hydrogens is 743 g/mol. The Labute approximate surface area is 316 Å². The summed E-state index contributed by atoms with van der Waals surface area (Å²) in [5.41, 5.74) is 0. The summed E-state index contributed by atoms with van der Waals surface area (Å²) in [4.78, 5) is 7.13. The molecular formula is C40H38N3O8P3. The first-order valence-corrected chi connectivity index (χ1v) is 21.6. The third kappa shape index (κ3) is 7.95. The van der Waals surface area contributed by atoms with Crippen molar-refractivity contribution in [1.29, 1.82) is 0 Å². The summed E-state index contributed by atoms with van der Waals surface area (Å²) in [5.74, 6) is 2.63. The number of rotatable bonds is 16. The van der Waals surface area contributed by atoms with Gasteiger partial charge in [0.05, 0.1) is 0 Å². The molecule has 0 radical (unpaired) electrons. The number of hydrogen-bond acceptors (Lipinski definition) is 11. The normalized spacial score (nSPS) is 19.6. The van der Waals surface area contributed by atoms with E-state index in [9.17, 15) is 0 Å². The van der Waals surface area contributed by atoms with Crippen LogP contribution in [0.3, 0.4) is 0 Å². The molecule has 6 aromatic carbocycles. The van der Waals surface area contributed by atoms with Gasteiger partial charge in [0.15, 0.2) is 0 Å². The van der Waals surface area contributed by atoms with Gasteiger partial charge in [-0.2, -0.15) is 0 Å². The van der Waals surface area contributed by atoms with Crippen LogP contribution in [-0.2, 0) is 9.47 Å². The molecule has 8 rings (SSSR count). The molecule has 0 spiro atoms. The van der Waals surface area contributed by atoms with Gasteiger partial charge >= 0.3 is 317 Å². The summed E-state index contributed by atoms with van der Waals surface area (Å²) in [6.45, 7) is 0.888. The summed E-state index contributed by atoms with van der Waals surface area (Å²) in [6.07, 6.45) is -0.0210. The van der Waals surface area contributed by atoms with Crippen LogP contribution in [0.15, 0.2) is 187 Å². The van der Waals surface area contributed by atoms with Gasteiger partial charge in [-0.05, 0) is 0 Å². The molecule has 0 aliphatic carbocycles. The van der Waals surface area contributed by atoms with Gasteiger partial charge in [-0.3, -0.25) is 0 Å². The Bertz CT molecular complexity index is 1990. The molecule has 276 valence electrons. The summed E-state index contributed by atoms with van der Waals surface area (Å²) in [5, 5.41) is 0. The molecule has 0 amide bonds. The Morgan fingerprint density at radius 1 is 0.556 bits per heavy atom. The van der Waals surface area contributed by atoms with E-state index in [4.69, 9.17) is 41.4 Å². The molecule has 2 atom stereocenters. The summed E-state index contributed by atoms with van der Waals surface area (Å²) < 4.78 is 57.0. The van der Waals surface area contributed by atoms with Gasteiger partial charge in [0.1, 0.15) is 0 Å². The minimum absolute atomic E-state index is 0.0210. The first-order chi connectivity index (χ1) is 26.6. The van der Waals surface area contributed by atoms with Crippen molar-refractivity contribution in [3.8, 4) is 34.5 Å². The van der Waals surface area contributed by atoms with E-state index >= 15 is 0 Å². The predicted octanol–water partition coefficient (Wildman–Crippen LogP) is 10.9. The van der Waals surface area contributed by atoms with E-state index < -0.39 is 24.1 Å². The average Bonchev–Trinajstić information content (AvgIpc) is 4.05. The second kappa shape index (κ2) is 16.2. The van der Waals surface area contributed by atoms with Gasteiger partial charge in [-0.15, -0.1) is 0 Å². The number of benzene rings is 6. The minimum atomic E-state index is -5.45. The monoisotopic (exact) mass is 781 g/mol. The molecule has 0 N–H and O–H groups in total. The van der Waals surface area contributed by atoms with Crippen LogP contribution in [0.25, 0.3) is 0 Å². The van der Waals surface area contributed by atoms with Crippen LogP contribution in [-0.4, -0.2) is 35.1 Å². The molecule has 2 aliphatic heterocycles. The fourth-order valence-corrected chi connectivity index (χ4v) is 15.5.